The molecular formula is C19H24FN. The molecule has 0 aliphatic rings. The van der Waals surface area contributed by atoms with Crippen LogP contribution in [0.15, 0.2) is 42.5 Å². The Morgan fingerprint density at radius 2 is 1.62 bits per heavy atom. The molecule has 0 aliphatic heterocycles. The Morgan fingerprint density at radius 1 is 1.00 bits per heavy atom. The minimum atomic E-state index is -0.167. The summed E-state index contributed by atoms with van der Waals surface area (Å²) in [6, 6.07) is 13.6. The first kappa shape index (κ1) is 15.7. The van der Waals surface area contributed by atoms with Crippen LogP contribution < -0.4 is 5.32 Å². The molecule has 21 heavy (non-hydrogen) atoms. The standard InChI is InChI=1S/C19H24FN/c1-13-6-11-17(20)16(12-13)18(21-5)14-7-9-15(10-8-14)19(2,3)4/h6-12,18,21H,1-5H3. The molecule has 0 aromatic heterocycles. The quantitative estimate of drug-likeness (QED) is 0.859. The summed E-state index contributed by atoms with van der Waals surface area (Å²) >= 11 is 0. The molecule has 0 radical (unpaired) electrons. The van der Waals surface area contributed by atoms with Gasteiger partial charge in [0.15, 0.2) is 0 Å². The maximum absolute atomic E-state index is 14.1. The normalized spacial score (nSPS) is 13.2. The van der Waals surface area contributed by atoms with Gasteiger partial charge in [0.05, 0.1) is 6.04 Å². The van der Waals surface area contributed by atoms with Crippen LogP contribution in [0.25, 0.3) is 0 Å². The van der Waals surface area contributed by atoms with E-state index in [1.54, 1.807) is 12.1 Å². The van der Waals surface area contributed by atoms with Gasteiger partial charge in [-0.15, -0.1) is 0 Å². The molecule has 112 valence electrons. The summed E-state index contributed by atoms with van der Waals surface area (Å²) in [6.45, 7) is 8.56. The first-order chi connectivity index (χ1) is 9.82. The van der Waals surface area contributed by atoms with Gasteiger partial charge in [0.2, 0.25) is 0 Å². The number of rotatable bonds is 3. The maximum atomic E-state index is 14.1. The van der Waals surface area contributed by atoms with Crippen LogP contribution in [0.3, 0.4) is 0 Å². The molecule has 0 bridgehead atoms. The van der Waals surface area contributed by atoms with Crippen molar-refractivity contribution in [1.29, 1.82) is 0 Å². The van der Waals surface area contributed by atoms with Gasteiger partial charge in [0, 0.05) is 5.56 Å². The SMILES string of the molecule is CNC(c1ccc(C(C)(C)C)cc1)c1cc(C)ccc1F. The fourth-order valence-electron chi connectivity index (χ4n) is 2.56. The van der Waals surface area contributed by atoms with Crippen molar-refractivity contribution in [2.45, 2.75) is 39.2 Å². The molecule has 0 saturated heterocycles. The molecule has 2 rings (SSSR count). The molecule has 0 saturated carbocycles. The first-order valence-corrected chi connectivity index (χ1v) is 7.36. The van der Waals surface area contributed by atoms with Crippen LogP contribution in [0.2, 0.25) is 0 Å². The number of aryl methyl sites for hydroxylation is 1. The van der Waals surface area contributed by atoms with Gasteiger partial charge in [0.1, 0.15) is 5.82 Å². The number of nitrogens with one attached hydrogen (secondary N) is 1. The number of hydrogen-bond donors (Lipinski definition) is 1. The average molecular weight is 285 g/mol. The lowest BCUT2D eigenvalue weighted by Crippen LogP contribution is -2.19. The molecule has 2 aromatic carbocycles. The molecule has 1 nitrogen and oxygen atoms in total. The smallest absolute Gasteiger partial charge is 0.128 e. The highest BCUT2D eigenvalue weighted by atomic mass is 19.1. The highest BCUT2D eigenvalue weighted by Gasteiger charge is 2.18. The van der Waals surface area contributed by atoms with E-state index >= 15 is 0 Å². The number of benzene rings is 2. The lowest BCUT2D eigenvalue weighted by atomic mass is 9.85. The molecule has 0 amide bonds. The molecule has 0 fully saturated rings. The minimum Gasteiger partial charge on any atom is -0.309 e. The summed E-state index contributed by atoms with van der Waals surface area (Å²) in [4.78, 5) is 0. The largest absolute Gasteiger partial charge is 0.309 e. The van der Waals surface area contributed by atoms with Gasteiger partial charge in [-0.1, -0.05) is 62.7 Å². The van der Waals surface area contributed by atoms with E-state index in [1.807, 2.05) is 20.0 Å². The molecule has 1 unspecified atom stereocenters. The Labute approximate surface area is 127 Å². The third-order valence-electron chi connectivity index (χ3n) is 3.86. The molecule has 0 aliphatic carbocycles. The lowest BCUT2D eigenvalue weighted by Gasteiger charge is -2.22. The van der Waals surface area contributed by atoms with Crippen LogP contribution in [0.1, 0.15) is 49.1 Å². The predicted octanol–water partition coefficient (Wildman–Crippen LogP) is 4.74. The van der Waals surface area contributed by atoms with E-state index in [0.717, 1.165) is 11.1 Å². The first-order valence-electron chi connectivity index (χ1n) is 7.36. The second kappa shape index (κ2) is 5.98. The zero-order chi connectivity index (χ0) is 15.6. The van der Waals surface area contributed by atoms with Gasteiger partial charge >= 0.3 is 0 Å². The van der Waals surface area contributed by atoms with Crippen molar-refractivity contribution in [3.8, 4) is 0 Å². The van der Waals surface area contributed by atoms with Gasteiger partial charge in [-0.2, -0.15) is 0 Å². The topological polar surface area (TPSA) is 12.0 Å². The van der Waals surface area contributed by atoms with E-state index in [0.29, 0.717) is 5.56 Å². The van der Waals surface area contributed by atoms with Gasteiger partial charge < -0.3 is 5.32 Å². The Morgan fingerprint density at radius 3 is 2.14 bits per heavy atom. The highest BCUT2D eigenvalue weighted by molar-refractivity contribution is 5.37. The molecule has 1 N–H and O–H groups in total. The van der Waals surface area contributed by atoms with Crippen LogP contribution in [-0.2, 0) is 5.41 Å². The van der Waals surface area contributed by atoms with Gasteiger partial charge in [-0.05, 0) is 36.6 Å². The summed E-state index contributed by atoms with van der Waals surface area (Å²) in [7, 11) is 1.87. The Kier molecular flexibility index (Phi) is 4.48. The average Bonchev–Trinajstić information content (AvgIpc) is 2.43. The predicted molar refractivity (Wildman–Crippen MR) is 87.2 cm³/mol. The van der Waals surface area contributed by atoms with Crippen molar-refractivity contribution < 1.29 is 4.39 Å². The monoisotopic (exact) mass is 285 g/mol. The molecule has 0 spiro atoms. The molecule has 2 aromatic rings. The summed E-state index contributed by atoms with van der Waals surface area (Å²) in [6.07, 6.45) is 0. The Balaban J connectivity index is 2.40. The van der Waals surface area contributed by atoms with Crippen molar-refractivity contribution in [3.05, 3.63) is 70.5 Å². The molecule has 1 atom stereocenters. The van der Waals surface area contributed by atoms with E-state index in [2.05, 4.69) is 50.4 Å². The van der Waals surface area contributed by atoms with Crippen LogP contribution >= 0.6 is 0 Å². The van der Waals surface area contributed by atoms with Gasteiger partial charge in [0.25, 0.3) is 0 Å². The van der Waals surface area contributed by atoms with Crippen LogP contribution in [-0.4, -0.2) is 7.05 Å². The minimum absolute atomic E-state index is 0.126. The molecular weight excluding hydrogens is 261 g/mol. The van der Waals surface area contributed by atoms with E-state index in [9.17, 15) is 4.39 Å². The summed E-state index contributed by atoms with van der Waals surface area (Å²) in [5.41, 5.74) is 4.25. The zero-order valence-corrected chi connectivity index (χ0v) is 13.5. The number of halogens is 1. The Bertz CT molecular complexity index is 608. The fourth-order valence-corrected chi connectivity index (χ4v) is 2.56. The van der Waals surface area contributed by atoms with Crippen molar-refractivity contribution in [2.24, 2.45) is 0 Å². The summed E-state index contributed by atoms with van der Waals surface area (Å²) in [5, 5.41) is 3.22. The van der Waals surface area contributed by atoms with Crippen molar-refractivity contribution in [3.63, 3.8) is 0 Å². The van der Waals surface area contributed by atoms with E-state index < -0.39 is 0 Å². The van der Waals surface area contributed by atoms with E-state index in [1.165, 1.54) is 5.56 Å². The highest BCUT2D eigenvalue weighted by Crippen LogP contribution is 2.28. The number of hydrogen-bond acceptors (Lipinski definition) is 1. The Hall–Kier alpha value is -1.67. The molecule has 2 heteroatoms. The van der Waals surface area contributed by atoms with E-state index in [4.69, 9.17) is 0 Å². The van der Waals surface area contributed by atoms with Crippen molar-refractivity contribution in [1.82, 2.24) is 5.32 Å². The van der Waals surface area contributed by atoms with Crippen LogP contribution in [0.5, 0.6) is 0 Å². The third kappa shape index (κ3) is 3.51. The third-order valence-corrected chi connectivity index (χ3v) is 3.86. The maximum Gasteiger partial charge on any atom is 0.128 e. The van der Waals surface area contributed by atoms with Crippen molar-refractivity contribution >= 4 is 0 Å². The fraction of sp³-hybridized carbons (Fsp3) is 0.368. The summed E-state index contributed by atoms with van der Waals surface area (Å²) in [5.74, 6) is -0.167. The lowest BCUT2D eigenvalue weighted by molar-refractivity contribution is 0.573. The van der Waals surface area contributed by atoms with Crippen molar-refractivity contribution in [2.75, 3.05) is 7.05 Å². The van der Waals surface area contributed by atoms with Gasteiger partial charge in [-0.25, -0.2) is 4.39 Å². The zero-order valence-electron chi connectivity index (χ0n) is 13.5. The van der Waals surface area contributed by atoms with E-state index in [-0.39, 0.29) is 17.3 Å². The van der Waals surface area contributed by atoms with Crippen LogP contribution in [0.4, 0.5) is 4.39 Å². The van der Waals surface area contributed by atoms with Crippen LogP contribution in [0, 0.1) is 12.7 Å². The second-order valence-electron chi connectivity index (χ2n) is 6.62. The summed E-state index contributed by atoms with van der Waals surface area (Å²) < 4.78 is 14.1. The second-order valence-corrected chi connectivity index (χ2v) is 6.62. The van der Waals surface area contributed by atoms with Gasteiger partial charge in [-0.3, -0.25) is 0 Å². The molecule has 0 heterocycles.